The molecule has 3 aromatic rings. The van der Waals surface area contributed by atoms with Gasteiger partial charge < -0.3 is 5.32 Å². The molecule has 0 unspecified atom stereocenters. The molecule has 0 aliphatic rings. The highest BCUT2D eigenvalue weighted by Gasteiger charge is 2.13. The summed E-state index contributed by atoms with van der Waals surface area (Å²) in [7, 11) is 0. The Hall–Kier alpha value is -1.95. The van der Waals surface area contributed by atoms with Crippen LogP contribution in [0.2, 0.25) is 0 Å². The first-order chi connectivity index (χ1) is 9.29. The van der Waals surface area contributed by atoms with Crippen LogP contribution in [0, 0.1) is 0 Å². The fourth-order valence-corrected chi connectivity index (χ4v) is 2.40. The third-order valence-corrected chi connectivity index (χ3v) is 3.47. The average molecular weight is 318 g/mol. The number of nitrogens with one attached hydrogen (secondary N) is 2. The van der Waals surface area contributed by atoms with Crippen LogP contribution < -0.4 is 5.32 Å². The van der Waals surface area contributed by atoms with Crippen LogP contribution >= 0.6 is 15.9 Å². The number of anilines is 1. The van der Waals surface area contributed by atoms with Crippen molar-refractivity contribution >= 4 is 32.9 Å². The van der Waals surface area contributed by atoms with Gasteiger partial charge in [0.2, 0.25) is 5.95 Å². The summed E-state index contributed by atoms with van der Waals surface area (Å²) in [5.41, 5.74) is 2.62. The number of nitrogens with zero attached hydrogens (tertiary/aromatic N) is 3. The molecule has 5 nitrogen and oxygen atoms in total. The van der Waals surface area contributed by atoms with E-state index in [1.54, 1.807) is 6.20 Å². The molecule has 2 N–H and O–H groups in total. The van der Waals surface area contributed by atoms with E-state index in [9.17, 15) is 0 Å². The normalized spacial score (nSPS) is 10.8. The molecule has 0 saturated carbocycles. The summed E-state index contributed by atoms with van der Waals surface area (Å²) in [4.78, 5) is 8.97. The molecule has 0 amide bonds. The predicted octanol–water partition coefficient (Wildman–Crippen LogP) is 3.21. The van der Waals surface area contributed by atoms with Gasteiger partial charge in [0.25, 0.3) is 0 Å². The topological polar surface area (TPSA) is 66.5 Å². The van der Waals surface area contributed by atoms with Crippen molar-refractivity contribution in [2.75, 3.05) is 11.9 Å². The minimum Gasteiger partial charge on any atom is -0.354 e. The van der Waals surface area contributed by atoms with Crippen LogP contribution in [0.3, 0.4) is 0 Å². The Labute approximate surface area is 118 Å². The maximum absolute atomic E-state index is 4.58. The molecule has 3 rings (SSSR count). The number of halogens is 1. The molecule has 2 aromatic heterocycles. The second kappa shape index (κ2) is 4.97. The largest absolute Gasteiger partial charge is 0.354 e. The molecule has 96 valence electrons. The molecular weight excluding hydrogens is 306 g/mol. The fraction of sp³-hybridized carbons (Fsp3) is 0.154. The van der Waals surface area contributed by atoms with E-state index < -0.39 is 0 Å². The summed E-state index contributed by atoms with van der Waals surface area (Å²) in [6, 6.07) is 7.98. The number of hydrogen-bond donors (Lipinski definition) is 2. The minimum absolute atomic E-state index is 0.602. The van der Waals surface area contributed by atoms with Gasteiger partial charge in [-0.15, -0.1) is 0 Å². The van der Waals surface area contributed by atoms with E-state index in [1.165, 1.54) is 0 Å². The van der Waals surface area contributed by atoms with E-state index >= 15 is 0 Å². The number of hydrogen-bond acceptors (Lipinski definition) is 4. The van der Waals surface area contributed by atoms with Gasteiger partial charge in [0.15, 0.2) is 5.65 Å². The van der Waals surface area contributed by atoms with Crippen LogP contribution in [0.15, 0.2) is 34.9 Å². The summed E-state index contributed by atoms with van der Waals surface area (Å²) < 4.78 is 0.999. The highest BCUT2D eigenvalue weighted by atomic mass is 79.9. The van der Waals surface area contributed by atoms with Gasteiger partial charge in [0.05, 0.1) is 17.3 Å². The molecule has 0 saturated heterocycles. The molecule has 0 radical (unpaired) electrons. The van der Waals surface area contributed by atoms with E-state index in [0.717, 1.165) is 33.3 Å². The fourth-order valence-electron chi connectivity index (χ4n) is 1.93. The zero-order valence-electron chi connectivity index (χ0n) is 10.3. The third-order valence-electron chi connectivity index (χ3n) is 2.77. The SMILES string of the molecule is CCNc1nc(-c2ccccc2Br)c2cn[nH]c2n1. The lowest BCUT2D eigenvalue weighted by Crippen LogP contribution is -2.03. The first-order valence-corrected chi connectivity index (χ1v) is 6.78. The summed E-state index contributed by atoms with van der Waals surface area (Å²) in [5, 5.41) is 11.0. The number of aromatic amines is 1. The van der Waals surface area contributed by atoms with Crippen molar-refractivity contribution in [1.82, 2.24) is 20.2 Å². The molecule has 0 aliphatic carbocycles. The monoisotopic (exact) mass is 317 g/mol. The molecule has 0 fully saturated rings. The zero-order valence-corrected chi connectivity index (χ0v) is 11.9. The predicted molar refractivity (Wildman–Crippen MR) is 79.0 cm³/mol. The van der Waals surface area contributed by atoms with Crippen LogP contribution in [-0.4, -0.2) is 26.7 Å². The molecule has 1 aromatic carbocycles. The number of benzene rings is 1. The molecule has 0 spiro atoms. The van der Waals surface area contributed by atoms with E-state index in [1.807, 2.05) is 31.2 Å². The number of H-pyrrole nitrogens is 1. The van der Waals surface area contributed by atoms with Gasteiger partial charge in [-0.25, -0.2) is 4.98 Å². The van der Waals surface area contributed by atoms with Gasteiger partial charge in [-0.3, -0.25) is 5.10 Å². The van der Waals surface area contributed by atoms with E-state index in [0.29, 0.717) is 5.95 Å². The van der Waals surface area contributed by atoms with Crippen molar-refractivity contribution in [1.29, 1.82) is 0 Å². The van der Waals surface area contributed by atoms with Crippen molar-refractivity contribution in [2.24, 2.45) is 0 Å². The van der Waals surface area contributed by atoms with E-state index in [-0.39, 0.29) is 0 Å². The smallest absolute Gasteiger partial charge is 0.225 e. The van der Waals surface area contributed by atoms with Crippen LogP contribution in [-0.2, 0) is 0 Å². The third kappa shape index (κ3) is 2.19. The van der Waals surface area contributed by atoms with Crippen molar-refractivity contribution < 1.29 is 0 Å². The average Bonchev–Trinajstić information content (AvgIpc) is 2.87. The van der Waals surface area contributed by atoms with Gasteiger partial charge in [0.1, 0.15) is 0 Å². The first kappa shape index (κ1) is 12.1. The maximum atomic E-state index is 4.58. The minimum atomic E-state index is 0.602. The van der Waals surface area contributed by atoms with Crippen LogP contribution in [0.4, 0.5) is 5.95 Å². The lowest BCUT2D eigenvalue weighted by Gasteiger charge is -2.07. The Morgan fingerprint density at radius 1 is 1.26 bits per heavy atom. The Kier molecular flexibility index (Phi) is 3.16. The maximum Gasteiger partial charge on any atom is 0.225 e. The second-order valence-corrected chi connectivity index (χ2v) is 4.89. The van der Waals surface area contributed by atoms with Crippen LogP contribution in [0.5, 0.6) is 0 Å². The summed E-state index contributed by atoms with van der Waals surface area (Å²) >= 11 is 3.56. The van der Waals surface area contributed by atoms with Crippen molar-refractivity contribution in [3.63, 3.8) is 0 Å². The number of fused-ring (bicyclic) bond motifs is 1. The first-order valence-electron chi connectivity index (χ1n) is 5.99. The second-order valence-electron chi connectivity index (χ2n) is 4.04. The molecular formula is C13H12BrN5. The molecule has 0 atom stereocenters. The number of rotatable bonds is 3. The summed E-state index contributed by atoms with van der Waals surface area (Å²) in [5.74, 6) is 0.602. The number of aromatic nitrogens is 4. The van der Waals surface area contributed by atoms with Crippen molar-refractivity contribution in [3.05, 3.63) is 34.9 Å². The van der Waals surface area contributed by atoms with Gasteiger partial charge in [-0.05, 0) is 13.0 Å². The summed E-state index contributed by atoms with van der Waals surface area (Å²) in [6.45, 7) is 2.79. The van der Waals surface area contributed by atoms with Gasteiger partial charge in [-0.1, -0.05) is 34.1 Å². The van der Waals surface area contributed by atoms with Crippen LogP contribution in [0.1, 0.15) is 6.92 Å². The quantitative estimate of drug-likeness (QED) is 0.778. The highest BCUT2D eigenvalue weighted by Crippen LogP contribution is 2.31. The van der Waals surface area contributed by atoms with Gasteiger partial charge in [-0.2, -0.15) is 10.1 Å². The zero-order chi connectivity index (χ0) is 13.2. The van der Waals surface area contributed by atoms with Crippen LogP contribution in [0.25, 0.3) is 22.3 Å². The molecule has 0 bridgehead atoms. The van der Waals surface area contributed by atoms with Crippen molar-refractivity contribution in [3.8, 4) is 11.3 Å². The molecule has 6 heteroatoms. The standard InChI is InChI=1S/C13H12BrN5/c1-2-15-13-17-11(8-5-3-4-6-10(8)14)9-7-16-19-12(9)18-13/h3-7H,2H2,1H3,(H2,15,16,17,18,19). The summed E-state index contributed by atoms with van der Waals surface area (Å²) in [6.07, 6.45) is 1.75. The highest BCUT2D eigenvalue weighted by molar-refractivity contribution is 9.10. The lowest BCUT2D eigenvalue weighted by molar-refractivity contribution is 1.07. The van der Waals surface area contributed by atoms with Crippen molar-refractivity contribution in [2.45, 2.75) is 6.92 Å². The Morgan fingerprint density at radius 3 is 2.89 bits per heavy atom. The van der Waals surface area contributed by atoms with Gasteiger partial charge in [0, 0.05) is 16.6 Å². The molecule has 0 aliphatic heterocycles. The lowest BCUT2D eigenvalue weighted by atomic mass is 10.1. The van der Waals surface area contributed by atoms with Gasteiger partial charge >= 0.3 is 0 Å². The molecule has 2 heterocycles. The van der Waals surface area contributed by atoms with E-state index in [4.69, 9.17) is 0 Å². The Bertz CT molecular complexity index is 722. The van der Waals surface area contributed by atoms with E-state index in [2.05, 4.69) is 41.4 Å². The molecule has 19 heavy (non-hydrogen) atoms. The Morgan fingerprint density at radius 2 is 2.11 bits per heavy atom. The Balaban J connectivity index is 2.26.